The molecule has 10 rings (SSSR count). The molecule has 0 radical (unpaired) electrons. The molecule has 0 amide bonds. The van der Waals surface area contributed by atoms with Gasteiger partial charge in [0, 0.05) is 44.5 Å². The maximum atomic E-state index is 10.4. The van der Waals surface area contributed by atoms with Crippen molar-refractivity contribution in [1.82, 2.24) is 4.57 Å². The molecule has 0 saturated carbocycles. The van der Waals surface area contributed by atoms with Crippen molar-refractivity contribution in [2.45, 2.75) is 5.92 Å². The molecule has 6 aromatic carbocycles. The van der Waals surface area contributed by atoms with E-state index >= 15 is 0 Å². The van der Waals surface area contributed by atoms with E-state index in [9.17, 15) is 5.26 Å². The van der Waals surface area contributed by atoms with Crippen LogP contribution in [-0.4, -0.2) is 4.57 Å². The van der Waals surface area contributed by atoms with Crippen molar-refractivity contribution in [3.8, 4) is 22.9 Å². The predicted molar refractivity (Wildman–Crippen MR) is 196 cm³/mol. The average molecular weight is 613 g/mol. The molecular formula is C45H28N2O. The lowest BCUT2D eigenvalue weighted by atomic mass is 9.85. The van der Waals surface area contributed by atoms with E-state index in [0.717, 1.165) is 38.8 Å². The molecule has 0 saturated heterocycles. The zero-order valence-corrected chi connectivity index (χ0v) is 26.0. The Labute approximate surface area is 277 Å². The third kappa shape index (κ3) is 3.87. The topological polar surface area (TPSA) is 41.9 Å². The molecule has 2 aliphatic carbocycles. The Balaban J connectivity index is 1.18. The van der Waals surface area contributed by atoms with E-state index in [4.69, 9.17) is 4.42 Å². The number of aromatic nitrogens is 1. The summed E-state index contributed by atoms with van der Waals surface area (Å²) >= 11 is 0. The number of nitriles is 1. The fraction of sp³-hybridized carbons (Fsp3) is 0.0444. The normalized spacial score (nSPS) is 17.1. The van der Waals surface area contributed by atoms with Crippen LogP contribution in [0.2, 0.25) is 0 Å². The van der Waals surface area contributed by atoms with E-state index in [1.807, 2.05) is 24.3 Å². The second kappa shape index (κ2) is 10.3. The van der Waals surface area contributed by atoms with Crippen molar-refractivity contribution in [1.29, 1.82) is 5.26 Å². The zero-order valence-electron chi connectivity index (χ0n) is 26.0. The third-order valence-electron chi connectivity index (χ3n) is 10.2. The summed E-state index contributed by atoms with van der Waals surface area (Å²) in [6.07, 6.45) is 6.95. The summed E-state index contributed by atoms with van der Waals surface area (Å²) in [4.78, 5) is 0. The van der Waals surface area contributed by atoms with Gasteiger partial charge in [-0.2, -0.15) is 5.26 Å². The summed E-state index contributed by atoms with van der Waals surface area (Å²) in [6, 6.07) is 51.4. The highest BCUT2D eigenvalue weighted by molar-refractivity contribution is 6.09. The molecule has 0 aliphatic heterocycles. The Morgan fingerprint density at radius 2 is 1.31 bits per heavy atom. The van der Waals surface area contributed by atoms with E-state index in [1.165, 1.54) is 43.7 Å². The van der Waals surface area contributed by atoms with Crippen molar-refractivity contribution >= 4 is 56.6 Å². The number of benzene rings is 6. The van der Waals surface area contributed by atoms with Gasteiger partial charge in [-0.1, -0.05) is 109 Å². The van der Waals surface area contributed by atoms with Gasteiger partial charge in [-0.3, -0.25) is 0 Å². The van der Waals surface area contributed by atoms with Crippen molar-refractivity contribution in [2.24, 2.45) is 5.92 Å². The molecule has 224 valence electrons. The van der Waals surface area contributed by atoms with E-state index in [-0.39, 0.29) is 11.8 Å². The summed E-state index contributed by atoms with van der Waals surface area (Å²) in [5.41, 5.74) is 12.7. The largest absolute Gasteiger partial charge is 0.456 e. The Morgan fingerprint density at radius 3 is 2.12 bits per heavy atom. The monoisotopic (exact) mass is 612 g/mol. The number of allylic oxidation sites excluding steroid dienone is 1. The number of rotatable bonds is 3. The SMILES string of the molecule is N#Cc1cccc(-c2cccc(-n3c4ccccc4c4ccccc43)c2)c1/C=C1/c2ccccc2C2C=c3c(oc4ccccc34)=CC12. The number of hydrogen-bond acceptors (Lipinski definition) is 2. The smallest absolute Gasteiger partial charge is 0.135 e. The van der Waals surface area contributed by atoms with Crippen LogP contribution in [0.1, 0.15) is 28.2 Å². The first-order valence-electron chi connectivity index (χ1n) is 16.4. The number of fused-ring (bicyclic) bond motifs is 9. The van der Waals surface area contributed by atoms with Crippen LogP contribution < -0.4 is 10.6 Å². The van der Waals surface area contributed by atoms with Gasteiger partial charge in [-0.25, -0.2) is 0 Å². The summed E-state index contributed by atoms with van der Waals surface area (Å²) in [5.74, 6) is 0.288. The van der Waals surface area contributed by atoms with E-state index in [2.05, 4.69) is 144 Å². The second-order valence-electron chi connectivity index (χ2n) is 12.7. The van der Waals surface area contributed by atoms with Crippen LogP contribution in [-0.2, 0) is 0 Å². The first-order valence-corrected chi connectivity index (χ1v) is 16.4. The second-order valence-corrected chi connectivity index (χ2v) is 12.7. The first-order chi connectivity index (χ1) is 23.8. The summed E-state index contributed by atoms with van der Waals surface area (Å²) in [5, 5.41) is 15.2. The molecule has 0 fully saturated rings. The molecular weight excluding hydrogens is 585 g/mol. The van der Waals surface area contributed by atoms with Crippen LogP contribution in [0, 0.1) is 17.2 Å². The molecule has 2 aliphatic rings. The van der Waals surface area contributed by atoms with Gasteiger partial charge < -0.3 is 8.98 Å². The molecule has 2 heterocycles. The molecule has 0 spiro atoms. The number of furan rings is 1. The fourth-order valence-corrected chi connectivity index (χ4v) is 8.14. The van der Waals surface area contributed by atoms with Crippen molar-refractivity contribution < 1.29 is 4.42 Å². The first kappa shape index (κ1) is 26.8. The van der Waals surface area contributed by atoms with Gasteiger partial charge in [0.05, 0.1) is 22.7 Å². The average Bonchev–Trinajstić information content (AvgIpc) is 3.78. The standard InChI is InChI=1S/C45H28N2O/c46-27-29-12-10-19-31(28-11-9-13-30(23-28)47-42-20-6-3-16-34(42)35-17-4-7-21-43(35)47)37(29)24-38-32-14-1-2-15-33(32)39-25-41-36-18-5-8-22-44(36)48-45(41)26-40(38)39/h1-26,39-40H/b38-24-. The number of hydrogen-bond donors (Lipinski definition) is 0. The zero-order chi connectivity index (χ0) is 31.8. The van der Waals surface area contributed by atoms with E-state index < -0.39 is 0 Å². The number of nitrogens with zero attached hydrogens (tertiary/aromatic N) is 2. The minimum absolute atomic E-state index is 0.0963. The molecule has 0 bridgehead atoms. The minimum Gasteiger partial charge on any atom is -0.456 e. The van der Waals surface area contributed by atoms with Crippen molar-refractivity contribution in [3.05, 3.63) is 172 Å². The molecule has 0 N–H and O–H groups in total. The lowest BCUT2D eigenvalue weighted by Crippen LogP contribution is -2.28. The highest BCUT2D eigenvalue weighted by Gasteiger charge is 2.36. The van der Waals surface area contributed by atoms with Gasteiger partial charge in [0.25, 0.3) is 0 Å². The molecule has 8 aromatic rings. The Kier molecular flexibility index (Phi) is 5.76. The van der Waals surface area contributed by atoms with Crippen LogP contribution >= 0.6 is 0 Å². The summed E-state index contributed by atoms with van der Waals surface area (Å²) in [6.45, 7) is 0. The summed E-state index contributed by atoms with van der Waals surface area (Å²) < 4.78 is 8.72. The minimum atomic E-state index is 0.0963. The Morgan fingerprint density at radius 1 is 0.625 bits per heavy atom. The van der Waals surface area contributed by atoms with Gasteiger partial charge >= 0.3 is 0 Å². The van der Waals surface area contributed by atoms with Gasteiger partial charge in [-0.15, -0.1) is 0 Å². The maximum absolute atomic E-state index is 10.4. The molecule has 2 unspecified atom stereocenters. The molecule has 48 heavy (non-hydrogen) atoms. The van der Waals surface area contributed by atoms with Gasteiger partial charge in [0.2, 0.25) is 0 Å². The van der Waals surface area contributed by atoms with Crippen LogP contribution in [0.3, 0.4) is 0 Å². The lowest BCUT2D eigenvalue weighted by Gasteiger charge is -2.18. The lowest BCUT2D eigenvalue weighted by molar-refractivity contribution is 0.566. The van der Waals surface area contributed by atoms with Crippen LogP contribution in [0.25, 0.3) is 73.4 Å². The molecule has 3 heteroatoms. The predicted octanol–water partition coefficient (Wildman–Crippen LogP) is 9.60. The quantitative estimate of drug-likeness (QED) is 0.199. The van der Waals surface area contributed by atoms with Crippen LogP contribution in [0.5, 0.6) is 0 Å². The number of para-hydroxylation sites is 3. The van der Waals surface area contributed by atoms with Crippen LogP contribution in [0.4, 0.5) is 0 Å². The molecule has 3 nitrogen and oxygen atoms in total. The van der Waals surface area contributed by atoms with E-state index in [1.54, 1.807) is 0 Å². The van der Waals surface area contributed by atoms with Crippen LogP contribution in [0.15, 0.2) is 144 Å². The highest BCUT2D eigenvalue weighted by atomic mass is 16.3. The molecule has 2 atom stereocenters. The highest BCUT2D eigenvalue weighted by Crippen LogP contribution is 2.50. The Bertz CT molecular complexity index is 2770. The van der Waals surface area contributed by atoms with Gasteiger partial charge in [-0.05, 0) is 76.4 Å². The third-order valence-corrected chi connectivity index (χ3v) is 10.2. The van der Waals surface area contributed by atoms with Gasteiger partial charge in [0.15, 0.2) is 0 Å². The van der Waals surface area contributed by atoms with E-state index in [0.29, 0.717) is 5.56 Å². The summed E-state index contributed by atoms with van der Waals surface area (Å²) in [7, 11) is 0. The Hall–Kier alpha value is -6.37. The fourth-order valence-electron chi connectivity index (χ4n) is 8.14. The maximum Gasteiger partial charge on any atom is 0.135 e. The molecule has 2 aromatic heterocycles. The van der Waals surface area contributed by atoms with Crippen molar-refractivity contribution in [3.63, 3.8) is 0 Å². The van der Waals surface area contributed by atoms with Crippen molar-refractivity contribution in [2.75, 3.05) is 0 Å². The van der Waals surface area contributed by atoms with Gasteiger partial charge in [0.1, 0.15) is 11.0 Å².